The number of fused-ring (bicyclic) bond motifs is 1. The topological polar surface area (TPSA) is 64.6 Å². The number of carbonyl (C=O) groups excluding carboxylic acids is 2. The second kappa shape index (κ2) is 4.65. The molecule has 1 aromatic rings. The van der Waals surface area contributed by atoms with Crippen LogP contribution in [0.15, 0.2) is 18.2 Å². The SMILES string of the molecule is O=CC(=O)Nc1ccc2c(c1)OCCCO2. The van der Waals surface area contributed by atoms with Crippen LogP contribution in [0.5, 0.6) is 11.5 Å². The maximum absolute atomic E-state index is 10.9. The van der Waals surface area contributed by atoms with Gasteiger partial charge >= 0.3 is 0 Å². The van der Waals surface area contributed by atoms with Crippen LogP contribution in [0.3, 0.4) is 0 Å². The average Bonchev–Trinajstić information content (AvgIpc) is 2.53. The maximum Gasteiger partial charge on any atom is 0.288 e. The van der Waals surface area contributed by atoms with Gasteiger partial charge in [0.1, 0.15) is 0 Å². The van der Waals surface area contributed by atoms with Gasteiger partial charge in [-0.1, -0.05) is 0 Å². The Morgan fingerprint density at radius 1 is 1.25 bits per heavy atom. The van der Waals surface area contributed by atoms with Gasteiger partial charge in [0.15, 0.2) is 11.5 Å². The van der Waals surface area contributed by atoms with Crippen molar-refractivity contribution in [3.05, 3.63) is 18.2 Å². The van der Waals surface area contributed by atoms with Crippen molar-refractivity contribution in [3.63, 3.8) is 0 Å². The van der Waals surface area contributed by atoms with Gasteiger partial charge in [0.25, 0.3) is 5.91 Å². The summed E-state index contributed by atoms with van der Waals surface area (Å²) in [5.41, 5.74) is 0.515. The third-order valence-corrected chi connectivity index (χ3v) is 2.12. The first kappa shape index (κ1) is 10.5. The molecule has 1 aliphatic heterocycles. The van der Waals surface area contributed by atoms with E-state index >= 15 is 0 Å². The average molecular weight is 221 g/mol. The summed E-state index contributed by atoms with van der Waals surface area (Å²) in [6, 6.07) is 5.01. The first-order valence-corrected chi connectivity index (χ1v) is 4.95. The number of rotatable bonds is 2. The Morgan fingerprint density at radius 2 is 2.00 bits per heavy atom. The third kappa shape index (κ3) is 2.31. The van der Waals surface area contributed by atoms with Gasteiger partial charge < -0.3 is 14.8 Å². The van der Waals surface area contributed by atoms with Crippen LogP contribution in [-0.4, -0.2) is 25.4 Å². The Balaban J connectivity index is 2.20. The molecule has 5 heteroatoms. The summed E-state index contributed by atoms with van der Waals surface area (Å²) in [5.74, 6) is 0.553. The zero-order valence-corrected chi connectivity index (χ0v) is 8.56. The second-order valence-electron chi connectivity index (χ2n) is 3.32. The largest absolute Gasteiger partial charge is 0.490 e. The van der Waals surface area contributed by atoms with E-state index in [0.29, 0.717) is 30.4 Å². The van der Waals surface area contributed by atoms with Gasteiger partial charge in [0.2, 0.25) is 6.29 Å². The molecule has 5 nitrogen and oxygen atoms in total. The van der Waals surface area contributed by atoms with Gasteiger partial charge in [-0.15, -0.1) is 0 Å². The third-order valence-electron chi connectivity index (χ3n) is 2.12. The van der Waals surface area contributed by atoms with Crippen LogP contribution in [0.4, 0.5) is 5.69 Å². The van der Waals surface area contributed by atoms with E-state index in [1.54, 1.807) is 18.2 Å². The van der Waals surface area contributed by atoms with Crippen molar-refractivity contribution in [3.8, 4) is 11.5 Å². The zero-order chi connectivity index (χ0) is 11.4. The number of hydrogen-bond donors (Lipinski definition) is 1. The number of ether oxygens (including phenoxy) is 2. The molecule has 0 atom stereocenters. The van der Waals surface area contributed by atoms with Crippen molar-refractivity contribution in [1.29, 1.82) is 0 Å². The van der Waals surface area contributed by atoms with Crippen LogP contribution in [0.2, 0.25) is 0 Å². The molecule has 0 saturated carbocycles. The summed E-state index contributed by atoms with van der Waals surface area (Å²) >= 11 is 0. The lowest BCUT2D eigenvalue weighted by molar-refractivity contribution is -0.127. The highest BCUT2D eigenvalue weighted by atomic mass is 16.5. The fraction of sp³-hybridized carbons (Fsp3) is 0.273. The molecule has 0 unspecified atom stereocenters. The summed E-state index contributed by atoms with van der Waals surface area (Å²) < 4.78 is 10.9. The molecule has 0 aromatic heterocycles. The van der Waals surface area contributed by atoms with E-state index in [0.717, 1.165) is 6.42 Å². The first-order valence-electron chi connectivity index (χ1n) is 4.95. The molecule has 1 N–H and O–H groups in total. The molecule has 16 heavy (non-hydrogen) atoms. The summed E-state index contributed by atoms with van der Waals surface area (Å²) in [7, 11) is 0. The number of nitrogens with one attached hydrogen (secondary N) is 1. The van der Waals surface area contributed by atoms with E-state index in [1.807, 2.05) is 0 Å². The van der Waals surface area contributed by atoms with Gasteiger partial charge in [-0.3, -0.25) is 9.59 Å². The lowest BCUT2D eigenvalue weighted by Crippen LogP contribution is -2.12. The zero-order valence-electron chi connectivity index (χ0n) is 8.56. The highest BCUT2D eigenvalue weighted by Gasteiger charge is 2.11. The van der Waals surface area contributed by atoms with Crippen molar-refractivity contribution in [2.75, 3.05) is 18.5 Å². The molecule has 0 bridgehead atoms. The van der Waals surface area contributed by atoms with Gasteiger partial charge in [-0.2, -0.15) is 0 Å². The number of amides is 1. The Hall–Kier alpha value is -2.04. The Bertz CT molecular complexity index is 416. The monoisotopic (exact) mass is 221 g/mol. The molecular weight excluding hydrogens is 210 g/mol. The van der Waals surface area contributed by atoms with Crippen molar-refractivity contribution in [2.24, 2.45) is 0 Å². The summed E-state index contributed by atoms with van der Waals surface area (Å²) in [6.45, 7) is 1.20. The van der Waals surface area contributed by atoms with Crippen molar-refractivity contribution in [1.82, 2.24) is 0 Å². The molecule has 0 spiro atoms. The Morgan fingerprint density at radius 3 is 2.75 bits per heavy atom. The number of carbonyl (C=O) groups is 2. The van der Waals surface area contributed by atoms with Gasteiger partial charge in [-0.25, -0.2) is 0 Å². The predicted molar refractivity (Wildman–Crippen MR) is 56.7 cm³/mol. The number of benzene rings is 1. The molecule has 84 valence electrons. The lowest BCUT2D eigenvalue weighted by atomic mass is 10.2. The minimum Gasteiger partial charge on any atom is -0.490 e. The molecule has 2 rings (SSSR count). The summed E-state index contributed by atoms with van der Waals surface area (Å²) in [4.78, 5) is 21.1. The fourth-order valence-electron chi connectivity index (χ4n) is 1.41. The number of aldehydes is 1. The van der Waals surface area contributed by atoms with E-state index in [-0.39, 0.29) is 6.29 Å². The van der Waals surface area contributed by atoms with E-state index in [4.69, 9.17) is 9.47 Å². The van der Waals surface area contributed by atoms with E-state index < -0.39 is 5.91 Å². The normalized spacial score (nSPS) is 13.8. The lowest BCUT2D eigenvalue weighted by Gasteiger charge is -2.08. The minimum atomic E-state index is -0.686. The van der Waals surface area contributed by atoms with Gasteiger partial charge in [0.05, 0.1) is 13.2 Å². The molecule has 0 aliphatic carbocycles. The van der Waals surface area contributed by atoms with Crippen LogP contribution in [0, 0.1) is 0 Å². The van der Waals surface area contributed by atoms with Crippen LogP contribution < -0.4 is 14.8 Å². The van der Waals surface area contributed by atoms with E-state index in [2.05, 4.69) is 5.32 Å². The summed E-state index contributed by atoms with van der Waals surface area (Å²) in [5, 5.41) is 2.42. The summed E-state index contributed by atoms with van der Waals surface area (Å²) in [6.07, 6.45) is 1.05. The fourth-order valence-corrected chi connectivity index (χ4v) is 1.41. The van der Waals surface area contributed by atoms with E-state index in [1.165, 1.54) is 0 Å². The van der Waals surface area contributed by atoms with Crippen LogP contribution in [-0.2, 0) is 9.59 Å². The van der Waals surface area contributed by atoms with Crippen molar-refractivity contribution >= 4 is 17.9 Å². The molecule has 1 heterocycles. The maximum atomic E-state index is 10.9. The molecule has 0 fully saturated rings. The highest BCUT2D eigenvalue weighted by Crippen LogP contribution is 2.32. The predicted octanol–water partition coefficient (Wildman–Crippen LogP) is 0.985. The molecule has 1 aromatic carbocycles. The van der Waals surface area contributed by atoms with Crippen molar-refractivity contribution < 1.29 is 19.1 Å². The van der Waals surface area contributed by atoms with Crippen LogP contribution in [0.25, 0.3) is 0 Å². The Kier molecular flexibility index (Phi) is 3.05. The minimum absolute atomic E-state index is 0.225. The van der Waals surface area contributed by atoms with E-state index in [9.17, 15) is 9.59 Å². The van der Waals surface area contributed by atoms with Gasteiger partial charge in [-0.05, 0) is 12.1 Å². The molecule has 1 amide bonds. The number of anilines is 1. The van der Waals surface area contributed by atoms with Gasteiger partial charge in [0, 0.05) is 18.2 Å². The smallest absolute Gasteiger partial charge is 0.288 e. The highest BCUT2D eigenvalue weighted by molar-refractivity contribution is 6.29. The molecule has 1 aliphatic rings. The molecule has 0 radical (unpaired) electrons. The van der Waals surface area contributed by atoms with Crippen LogP contribution in [0.1, 0.15) is 6.42 Å². The molecular formula is C11H11NO4. The standard InChI is InChI=1S/C11H11NO4/c13-7-11(14)12-8-2-3-9-10(6-8)16-5-1-4-15-9/h2-3,6-7H,1,4-5H2,(H,12,14). The second-order valence-corrected chi connectivity index (χ2v) is 3.32. The Labute approximate surface area is 92.4 Å². The molecule has 0 saturated heterocycles. The van der Waals surface area contributed by atoms with Crippen molar-refractivity contribution in [2.45, 2.75) is 6.42 Å². The number of hydrogen-bond acceptors (Lipinski definition) is 4. The quantitative estimate of drug-likeness (QED) is 0.597. The first-order chi connectivity index (χ1) is 7.79. The van der Waals surface area contributed by atoms with Crippen LogP contribution >= 0.6 is 0 Å².